The minimum absolute atomic E-state index is 0.0234. The van der Waals surface area contributed by atoms with Crippen LogP contribution in [0.5, 0.6) is 0 Å². The number of rotatable bonds is 5. The zero-order valence-corrected chi connectivity index (χ0v) is 12.6. The molecule has 0 saturated carbocycles. The summed E-state index contributed by atoms with van der Waals surface area (Å²) in [5, 5.41) is 13.1. The van der Waals surface area contributed by atoms with Crippen molar-refractivity contribution in [2.45, 2.75) is 6.42 Å². The lowest BCUT2D eigenvalue weighted by Crippen LogP contribution is -2.23. The van der Waals surface area contributed by atoms with Gasteiger partial charge in [-0.15, -0.1) is 0 Å². The number of hydrogen-bond acceptors (Lipinski definition) is 5. The number of nitrogens with zero attached hydrogens (tertiary/aromatic N) is 2. The second kappa shape index (κ2) is 6.73. The molecule has 0 spiro atoms. The first-order valence-corrected chi connectivity index (χ1v) is 6.71. The molecule has 0 aliphatic rings. The smallest absolute Gasteiger partial charge is 0.395 e. The maximum absolute atomic E-state index is 11.9. The van der Waals surface area contributed by atoms with Crippen molar-refractivity contribution in [3.63, 3.8) is 0 Å². The van der Waals surface area contributed by atoms with E-state index in [-0.39, 0.29) is 18.1 Å². The highest BCUT2D eigenvalue weighted by molar-refractivity contribution is 6.02. The summed E-state index contributed by atoms with van der Waals surface area (Å²) in [5.74, 6) is -1.25. The van der Waals surface area contributed by atoms with Gasteiger partial charge in [0.1, 0.15) is 4.92 Å². The highest BCUT2D eigenvalue weighted by Gasteiger charge is 2.17. The van der Waals surface area contributed by atoms with E-state index in [0.29, 0.717) is 5.69 Å². The van der Waals surface area contributed by atoms with Crippen molar-refractivity contribution in [3.05, 3.63) is 57.8 Å². The van der Waals surface area contributed by atoms with E-state index in [4.69, 9.17) is 4.42 Å². The summed E-state index contributed by atoms with van der Waals surface area (Å²) in [6, 6.07) is 9.09. The Bertz CT molecular complexity index is 734. The number of hydrogen-bond donors (Lipinski definition) is 1. The molecule has 0 fully saturated rings. The molecule has 0 bridgehead atoms. The fourth-order valence-electron chi connectivity index (χ4n) is 1.78. The fraction of sp³-hybridized carbons (Fsp3) is 0.200. The van der Waals surface area contributed by atoms with E-state index >= 15 is 0 Å². The van der Waals surface area contributed by atoms with Crippen LogP contribution in [0.2, 0.25) is 0 Å². The van der Waals surface area contributed by atoms with Crippen LogP contribution in [0.1, 0.15) is 16.1 Å². The molecular weight excluding hydrogens is 302 g/mol. The number of carbonyl (C=O) groups excluding carboxylic acids is 2. The summed E-state index contributed by atoms with van der Waals surface area (Å²) < 4.78 is 4.82. The first kappa shape index (κ1) is 16.2. The molecule has 0 atom stereocenters. The molecule has 0 aliphatic heterocycles. The molecule has 2 amide bonds. The second-order valence-corrected chi connectivity index (χ2v) is 5.01. The van der Waals surface area contributed by atoms with Crippen LogP contribution < -0.4 is 5.32 Å². The van der Waals surface area contributed by atoms with Crippen LogP contribution in [-0.4, -0.2) is 35.7 Å². The Kier molecular flexibility index (Phi) is 4.75. The highest BCUT2D eigenvalue weighted by Crippen LogP contribution is 2.17. The van der Waals surface area contributed by atoms with Crippen LogP contribution in [0.4, 0.5) is 11.6 Å². The first-order valence-electron chi connectivity index (χ1n) is 6.71. The van der Waals surface area contributed by atoms with E-state index in [1.165, 1.54) is 11.0 Å². The standard InChI is InChI=1S/C15H15N3O5/c1-17(2)13(19)9-10-3-5-11(6-4-10)16-15(20)12-7-8-14(23-12)18(21)22/h3-8H,9H2,1-2H3,(H,16,20). The van der Waals surface area contributed by atoms with E-state index in [1.807, 2.05) is 0 Å². The SMILES string of the molecule is CN(C)C(=O)Cc1ccc(NC(=O)c2ccc([N+](=O)[O-])o2)cc1. The molecule has 2 aromatic rings. The highest BCUT2D eigenvalue weighted by atomic mass is 16.6. The number of benzene rings is 1. The van der Waals surface area contributed by atoms with Crippen LogP contribution >= 0.6 is 0 Å². The molecule has 2 rings (SSSR count). The Morgan fingerprint density at radius 1 is 1.17 bits per heavy atom. The lowest BCUT2D eigenvalue weighted by molar-refractivity contribution is -0.402. The molecule has 1 heterocycles. The number of likely N-dealkylation sites (N-methyl/N-ethyl adjacent to an activating group) is 1. The average Bonchev–Trinajstić information content (AvgIpc) is 2.99. The maximum atomic E-state index is 11.9. The molecule has 8 heteroatoms. The van der Waals surface area contributed by atoms with E-state index in [9.17, 15) is 19.7 Å². The van der Waals surface area contributed by atoms with Crippen LogP contribution in [-0.2, 0) is 11.2 Å². The van der Waals surface area contributed by atoms with Gasteiger partial charge in [0.15, 0.2) is 5.76 Å². The normalized spacial score (nSPS) is 10.2. The van der Waals surface area contributed by atoms with Crippen LogP contribution in [0.3, 0.4) is 0 Å². The monoisotopic (exact) mass is 317 g/mol. The lowest BCUT2D eigenvalue weighted by atomic mass is 10.1. The van der Waals surface area contributed by atoms with Gasteiger partial charge in [0, 0.05) is 19.8 Å². The molecule has 1 N–H and O–H groups in total. The molecule has 0 aliphatic carbocycles. The number of anilines is 1. The third kappa shape index (κ3) is 4.16. The van der Waals surface area contributed by atoms with Crippen molar-refractivity contribution in [3.8, 4) is 0 Å². The minimum atomic E-state index is -0.715. The van der Waals surface area contributed by atoms with Crippen LogP contribution in [0.25, 0.3) is 0 Å². The second-order valence-electron chi connectivity index (χ2n) is 5.01. The number of nitrogens with one attached hydrogen (secondary N) is 1. The van der Waals surface area contributed by atoms with Crippen molar-refractivity contribution in [2.24, 2.45) is 0 Å². The molecular formula is C15H15N3O5. The van der Waals surface area contributed by atoms with Gasteiger partial charge in [-0.1, -0.05) is 12.1 Å². The zero-order valence-electron chi connectivity index (χ0n) is 12.6. The molecule has 1 aromatic heterocycles. The Labute approximate surface area is 131 Å². The maximum Gasteiger partial charge on any atom is 0.433 e. The van der Waals surface area contributed by atoms with Gasteiger partial charge >= 0.3 is 5.88 Å². The predicted molar refractivity (Wildman–Crippen MR) is 82.2 cm³/mol. The number of furan rings is 1. The van der Waals surface area contributed by atoms with E-state index < -0.39 is 16.7 Å². The quantitative estimate of drug-likeness (QED) is 0.671. The van der Waals surface area contributed by atoms with Crippen molar-refractivity contribution in [2.75, 3.05) is 19.4 Å². The molecule has 23 heavy (non-hydrogen) atoms. The van der Waals surface area contributed by atoms with E-state index in [2.05, 4.69) is 5.32 Å². The Balaban J connectivity index is 2.01. The Hall–Kier alpha value is -3.16. The van der Waals surface area contributed by atoms with Crippen LogP contribution in [0, 0.1) is 10.1 Å². The Morgan fingerprint density at radius 2 is 1.83 bits per heavy atom. The summed E-state index contributed by atoms with van der Waals surface area (Å²) in [6.45, 7) is 0. The molecule has 0 unspecified atom stereocenters. The van der Waals surface area contributed by atoms with Crippen molar-refractivity contribution < 1.29 is 18.9 Å². The summed E-state index contributed by atoms with van der Waals surface area (Å²) in [6.07, 6.45) is 0.269. The average molecular weight is 317 g/mol. The molecule has 8 nitrogen and oxygen atoms in total. The van der Waals surface area contributed by atoms with Crippen molar-refractivity contribution >= 4 is 23.4 Å². The number of carbonyl (C=O) groups is 2. The van der Waals surface area contributed by atoms with Gasteiger partial charge in [-0.25, -0.2) is 0 Å². The summed E-state index contributed by atoms with van der Waals surface area (Å²) in [4.78, 5) is 34.8. The van der Waals surface area contributed by atoms with Crippen molar-refractivity contribution in [1.82, 2.24) is 4.90 Å². The summed E-state index contributed by atoms with van der Waals surface area (Å²) >= 11 is 0. The third-order valence-corrected chi connectivity index (χ3v) is 3.06. The van der Waals surface area contributed by atoms with Gasteiger partial charge < -0.3 is 14.6 Å². The predicted octanol–water partition coefficient (Wildman–Crippen LogP) is 2.07. The summed E-state index contributed by atoms with van der Waals surface area (Å²) in [5.41, 5.74) is 1.31. The first-order chi connectivity index (χ1) is 10.9. The van der Waals surface area contributed by atoms with Gasteiger partial charge in [-0.05, 0) is 23.8 Å². The molecule has 0 saturated heterocycles. The van der Waals surface area contributed by atoms with E-state index in [0.717, 1.165) is 11.6 Å². The van der Waals surface area contributed by atoms with Gasteiger partial charge in [0.2, 0.25) is 5.91 Å². The number of nitro groups is 1. The Morgan fingerprint density at radius 3 is 2.35 bits per heavy atom. The minimum Gasteiger partial charge on any atom is -0.395 e. The molecule has 120 valence electrons. The van der Waals surface area contributed by atoms with Gasteiger partial charge in [-0.2, -0.15) is 0 Å². The zero-order chi connectivity index (χ0) is 17.0. The fourth-order valence-corrected chi connectivity index (χ4v) is 1.78. The number of amides is 2. The van der Waals surface area contributed by atoms with Gasteiger partial charge in [0.05, 0.1) is 12.5 Å². The topological polar surface area (TPSA) is 106 Å². The third-order valence-electron chi connectivity index (χ3n) is 3.06. The van der Waals surface area contributed by atoms with Gasteiger partial charge in [0.25, 0.3) is 5.91 Å². The van der Waals surface area contributed by atoms with Crippen molar-refractivity contribution in [1.29, 1.82) is 0 Å². The largest absolute Gasteiger partial charge is 0.433 e. The van der Waals surface area contributed by atoms with E-state index in [1.54, 1.807) is 38.4 Å². The van der Waals surface area contributed by atoms with Gasteiger partial charge in [-0.3, -0.25) is 19.7 Å². The lowest BCUT2D eigenvalue weighted by Gasteiger charge is -2.10. The molecule has 1 aromatic carbocycles. The van der Waals surface area contributed by atoms with Crippen LogP contribution in [0.15, 0.2) is 40.8 Å². The summed E-state index contributed by atoms with van der Waals surface area (Å²) in [7, 11) is 3.36. The molecule has 0 radical (unpaired) electrons.